The zero-order valence-electron chi connectivity index (χ0n) is 18.2. The van der Waals surface area contributed by atoms with Gasteiger partial charge in [0.1, 0.15) is 17.7 Å². The van der Waals surface area contributed by atoms with Gasteiger partial charge in [-0.3, -0.25) is 9.59 Å². The van der Waals surface area contributed by atoms with Crippen LogP contribution in [-0.2, 0) is 16.0 Å². The molecule has 33 heavy (non-hydrogen) atoms. The molecule has 10 heteroatoms. The molecule has 1 aliphatic rings. The minimum absolute atomic E-state index is 0.0890. The summed E-state index contributed by atoms with van der Waals surface area (Å²) < 4.78 is 1.63. The number of carbonyl (C=O) groups excluding carboxylic acids is 2. The summed E-state index contributed by atoms with van der Waals surface area (Å²) in [5.41, 5.74) is 3.95. The molecule has 1 atom stereocenters. The number of nitrogens with one attached hydrogen (secondary N) is 1. The molecule has 1 aromatic carbocycles. The van der Waals surface area contributed by atoms with Crippen LogP contribution in [0, 0.1) is 25.2 Å². The highest BCUT2D eigenvalue weighted by molar-refractivity contribution is 6.35. The summed E-state index contributed by atoms with van der Waals surface area (Å²) in [6.45, 7) is 4.30. The van der Waals surface area contributed by atoms with E-state index in [0.29, 0.717) is 46.3 Å². The summed E-state index contributed by atoms with van der Waals surface area (Å²) in [7, 11) is 0. The molecule has 0 saturated carbocycles. The molecule has 4 rings (SSSR count). The number of hydrogen-bond donors (Lipinski definition) is 1. The predicted octanol–water partition coefficient (Wildman–Crippen LogP) is 4.09. The quantitative estimate of drug-likeness (QED) is 0.587. The molecule has 1 fully saturated rings. The lowest BCUT2D eigenvalue weighted by atomic mass is 10.1. The smallest absolute Gasteiger partial charge is 0.247 e. The van der Waals surface area contributed by atoms with Crippen LogP contribution in [0.2, 0.25) is 10.0 Å². The molecule has 1 unspecified atom stereocenters. The van der Waals surface area contributed by atoms with E-state index in [1.165, 1.54) is 6.20 Å². The van der Waals surface area contributed by atoms with Crippen molar-refractivity contribution in [2.45, 2.75) is 45.6 Å². The number of rotatable bonds is 5. The number of amides is 2. The van der Waals surface area contributed by atoms with E-state index in [-0.39, 0.29) is 18.2 Å². The normalized spacial score (nSPS) is 15.6. The third-order valence-electron chi connectivity index (χ3n) is 5.92. The number of aryl methyl sites for hydroxylation is 2. The van der Waals surface area contributed by atoms with Gasteiger partial charge >= 0.3 is 0 Å². The van der Waals surface area contributed by atoms with Crippen LogP contribution in [0.15, 0.2) is 24.4 Å². The van der Waals surface area contributed by atoms with E-state index in [4.69, 9.17) is 23.2 Å². The van der Waals surface area contributed by atoms with Crippen LogP contribution in [0.1, 0.15) is 41.8 Å². The van der Waals surface area contributed by atoms with Gasteiger partial charge in [0.15, 0.2) is 5.65 Å². The molecule has 0 bridgehead atoms. The van der Waals surface area contributed by atoms with E-state index in [1.54, 1.807) is 27.6 Å². The Hall–Kier alpha value is -3.15. The van der Waals surface area contributed by atoms with Crippen LogP contribution in [0.4, 0.5) is 5.69 Å². The van der Waals surface area contributed by atoms with Crippen molar-refractivity contribution in [3.05, 3.63) is 57.0 Å². The van der Waals surface area contributed by atoms with Gasteiger partial charge < -0.3 is 10.2 Å². The second kappa shape index (κ2) is 9.38. The first-order chi connectivity index (χ1) is 15.8. The zero-order chi connectivity index (χ0) is 23.7. The molecule has 3 aromatic rings. The highest BCUT2D eigenvalue weighted by Crippen LogP contribution is 2.25. The lowest BCUT2D eigenvalue weighted by Gasteiger charge is -2.24. The minimum atomic E-state index is -0.539. The van der Waals surface area contributed by atoms with Crippen molar-refractivity contribution in [3.8, 4) is 6.07 Å². The SMILES string of the molecule is Cc1nc2c(C#N)cnn2c(C)c1CCC(=O)N1CCCC1C(=O)Nc1cc(Cl)cc(Cl)c1. The third kappa shape index (κ3) is 4.65. The summed E-state index contributed by atoms with van der Waals surface area (Å²) in [4.78, 5) is 32.1. The monoisotopic (exact) mass is 484 g/mol. The Labute approximate surface area is 201 Å². The Kier molecular flexibility index (Phi) is 6.54. The predicted molar refractivity (Wildman–Crippen MR) is 125 cm³/mol. The number of nitriles is 1. The Morgan fingerprint density at radius 3 is 2.67 bits per heavy atom. The number of carbonyl (C=O) groups is 2. The van der Waals surface area contributed by atoms with Crippen molar-refractivity contribution in [2.24, 2.45) is 0 Å². The van der Waals surface area contributed by atoms with E-state index >= 15 is 0 Å². The Morgan fingerprint density at radius 2 is 1.97 bits per heavy atom. The van der Waals surface area contributed by atoms with E-state index < -0.39 is 6.04 Å². The molecule has 8 nitrogen and oxygen atoms in total. The summed E-state index contributed by atoms with van der Waals surface area (Å²) >= 11 is 12.0. The van der Waals surface area contributed by atoms with Crippen molar-refractivity contribution >= 4 is 46.4 Å². The Morgan fingerprint density at radius 1 is 1.24 bits per heavy atom. The molecule has 170 valence electrons. The van der Waals surface area contributed by atoms with Gasteiger partial charge in [-0.05, 0) is 56.9 Å². The summed E-state index contributed by atoms with van der Waals surface area (Å²) in [5.74, 6) is -0.343. The van der Waals surface area contributed by atoms with Gasteiger partial charge in [-0.25, -0.2) is 9.50 Å². The van der Waals surface area contributed by atoms with Crippen molar-refractivity contribution < 1.29 is 9.59 Å². The van der Waals surface area contributed by atoms with Crippen LogP contribution >= 0.6 is 23.2 Å². The van der Waals surface area contributed by atoms with Gasteiger partial charge in [0.25, 0.3) is 0 Å². The van der Waals surface area contributed by atoms with Crippen LogP contribution in [0.3, 0.4) is 0 Å². The third-order valence-corrected chi connectivity index (χ3v) is 6.36. The number of aromatic nitrogens is 3. The first kappa shape index (κ1) is 23.0. The second-order valence-electron chi connectivity index (χ2n) is 8.06. The number of hydrogen-bond acceptors (Lipinski definition) is 5. The first-order valence-corrected chi connectivity index (χ1v) is 11.3. The average Bonchev–Trinajstić information content (AvgIpc) is 3.40. The van der Waals surface area contributed by atoms with E-state index in [0.717, 1.165) is 23.4 Å². The second-order valence-corrected chi connectivity index (χ2v) is 8.93. The molecule has 0 radical (unpaired) electrons. The van der Waals surface area contributed by atoms with Crippen molar-refractivity contribution in [3.63, 3.8) is 0 Å². The van der Waals surface area contributed by atoms with Gasteiger partial charge in [0.2, 0.25) is 11.8 Å². The minimum Gasteiger partial charge on any atom is -0.331 e. The van der Waals surface area contributed by atoms with E-state index in [1.807, 2.05) is 13.8 Å². The van der Waals surface area contributed by atoms with Gasteiger partial charge in [-0.2, -0.15) is 10.4 Å². The van der Waals surface area contributed by atoms with Crippen molar-refractivity contribution in [2.75, 3.05) is 11.9 Å². The molecular weight excluding hydrogens is 463 g/mol. The van der Waals surface area contributed by atoms with Gasteiger partial charge in [0.05, 0.1) is 6.20 Å². The fourth-order valence-electron chi connectivity index (χ4n) is 4.32. The van der Waals surface area contributed by atoms with E-state index in [2.05, 4.69) is 21.5 Å². The van der Waals surface area contributed by atoms with Gasteiger partial charge in [-0.1, -0.05) is 23.2 Å². The molecule has 2 aromatic heterocycles. The molecular formula is C23H22Cl2N6O2. The van der Waals surface area contributed by atoms with Crippen molar-refractivity contribution in [1.82, 2.24) is 19.5 Å². The molecule has 1 aliphatic heterocycles. The number of likely N-dealkylation sites (tertiary alicyclic amines) is 1. The first-order valence-electron chi connectivity index (χ1n) is 10.6. The molecule has 0 spiro atoms. The molecule has 1 saturated heterocycles. The Balaban J connectivity index is 1.46. The molecule has 1 N–H and O–H groups in total. The fraction of sp³-hybridized carbons (Fsp3) is 0.348. The number of anilines is 1. The van der Waals surface area contributed by atoms with Crippen LogP contribution in [0.5, 0.6) is 0 Å². The van der Waals surface area contributed by atoms with Gasteiger partial charge in [0, 0.05) is 40.1 Å². The van der Waals surface area contributed by atoms with Crippen LogP contribution in [0.25, 0.3) is 5.65 Å². The lowest BCUT2D eigenvalue weighted by molar-refractivity contribution is -0.136. The maximum absolute atomic E-state index is 13.0. The highest BCUT2D eigenvalue weighted by Gasteiger charge is 2.34. The van der Waals surface area contributed by atoms with Crippen LogP contribution in [-0.4, -0.2) is 43.9 Å². The largest absolute Gasteiger partial charge is 0.331 e. The Bertz CT molecular complexity index is 1280. The standard InChI is InChI=1S/C23H22Cl2N6O2/c1-13-19(14(2)31-22(28-13)15(11-26)12-27-31)5-6-21(32)30-7-3-4-20(30)23(33)29-18-9-16(24)8-17(25)10-18/h8-10,12,20H,3-7H2,1-2H3,(H,29,33). The summed E-state index contributed by atoms with van der Waals surface area (Å²) in [6.07, 6.45) is 3.56. The van der Waals surface area contributed by atoms with E-state index in [9.17, 15) is 14.9 Å². The summed E-state index contributed by atoms with van der Waals surface area (Å²) in [6, 6.07) is 6.38. The number of halogens is 2. The topological polar surface area (TPSA) is 103 Å². The zero-order valence-corrected chi connectivity index (χ0v) is 19.7. The highest BCUT2D eigenvalue weighted by atomic mass is 35.5. The van der Waals surface area contributed by atoms with Gasteiger partial charge in [-0.15, -0.1) is 0 Å². The fourth-order valence-corrected chi connectivity index (χ4v) is 4.84. The number of nitrogens with zero attached hydrogens (tertiary/aromatic N) is 5. The average molecular weight is 485 g/mol. The molecule has 0 aliphatic carbocycles. The summed E-state index contributed by atoms with van der Waals surface area (Å²) in [5, 5.41) is 17.1. The maximum Gasteiger partial charge on any atom is 0.247 e. The lowest BCUT2D eigenvalue weighted by Crippen LogP contribution is -2.43. The maximum atomic E-state index is 13.0. The molecule has 3 heterocycles. The van der Waals surface area contributed by atoms with Crippen LogP contribution < -0.4 is 5.32 Å². The molecule has 2 amide bonds. The number of fused-ring (bicyclic) bond motifs is 1. The number of benzene rings is 1. The van der Waals surface area contributed by atoms with Crippen molar-refractivity contribution in [1.29, 1.82) is 5.26 Å².